The number of halogens is 1. The quantitative estimate of drug-likeness (QED) is 0.874. The Kier molecular flexibility index (Phi) is 4.96. The SMILES string of the molecule is NCCc1ccc(OCC2CCOCC2)c(F)c1. The summed E-state index contributed by atoms with van der Waals surface area (Å²) in [4.78, 5) is 0. The van der Waals surface area contributed by atoms with E-state index < -0.39 is 0 Å². The summed E-state index contributed by atoms with van der Waals surface area (Å²) in [5.41, 5.74) is 6.35. The molecule has 4 heteroatoms. The molecule has 100 valence electrons. The molecular formula is C14H20FNO2. The van der Waals surface area contributed by atoms with Crippen molar-refractivity contribution in [3.05, 3.63) is 29.6 Å². The topological polar surface area (TPSA) is 44.5 Å². The van der Waals surface area contributed by atoms with Gasteiger partial charge in [0.05, 0.1) is 6.61 Å². The summed E-state index contributed by atoms with van der Waals surface area (Å²) in [6.45, 7) is 2.66. The van der Waals surface area contributed by atoms with Crippen molar-refractivity contribution in [2.75, 3.05) is 26.4 Å². The first-order valence-corrected chi connectivity index (χ1v) is 6.48. The smallest absolute Gasteiger partial charge is 0.165 e. The van der Waals surface area contributed by atoms with Crippen LogP contribution in [0.5, 0.6) is 5.75 Å². The molecule has 3 nitrogen and oxygen atoms in total. The van der Waals surface area contributed by atoms with Crippen LogP contribution in [-0.4, -0.2) is 26.4 Å². The highest BCUT2D eigenvalue weighted by atomic mass is 19.1. The lowest BCUT2D eigenvalue weighted by atomic mass is 10.0. The van der Waals surface area contributed by atoms with Gasteiger partial charge in [-0.3, -0.25) is 0 Å². The minimum absolute atomic E-state index is 0.298. The first-order chi connectivity index (χ1) is 8.79. The molecule has 0 atom stereocenters. The van der Waals surface area contributed by atoms with Crippen molar-refractivity contribution in [3.8, 4) is 5.75 Å². The predicted molar refractivity (Wildman–Crippen MR) is 68.2 cm³/mol. The first-order valence-electron chi connectivity index (χ1n) is 6.48. The van der Waals surface area contributed by atoms with Crippen LogP contribution in [0.3, 0.4) is 0 Å². The fraction of sp³-hybridized carbons (Fsp3) is 0.571. The molecule has 0 aliphatic carbocycles. The molecule has 1 aromatic rings. The lowest BCUT2D eigenvalue weighted by Crippen LogP contribution is -2.21. The Morgan fingerprint density at radius 1 is 1.33 bits per heavy atom. The Morgan fingerprint density at radius 3 is 2.78 bits per heavy atom. The molecule has 0 amide bonds. The zero-order valence-corrected chi connectivity index (χ0v) is 10.5. The Balaban J connectivity index is 1.88. The van der Waals surface area contributed by atoms with Crippen LogP contribution in [0.15, 0.2) is 18.2 Å². The Bertz CT molecular complexity index is 378. The fourth-order valence-corrected chi connectivity index (χ4v) is 2.10. The molecule has 0 bridgehead atoms. The third-order valence-corrected chi connectivity index (χ3v) is 3.24. The zero-order chi connectivity index (χ0) is 12.8. The largest absolute Gasteiger partial charge is 0.490 e. The Hall–Kier alpha value is -1.13. The van der Waals surface area contributed by atoms with Crippen LogP contribution in [0.2, 0.25) is 0 Å². The molecule has 2 N–H and O–H groups in total. The maximum Gasteiger partial charge on any atom is 0.165 e. The molecule has 1 aliphatic heterocycles. The Labute approximate surface area is 107 Å². The third kappa shape index (κ3) is 3.68. The van der Waals surface area contributed by atoms with Gasteiger partial charge < -0.3 is 15.2 Å². The van der Waals surface area contributed by atoms with E-state index in [9.17, 15) is 4.39 Å². The van der Waals surface area contributed by atoms with Gasteiger partial charge in [0.15, 0.2) is 11.6 Å². The third-order valence-electron chi connectivity index (χ3n) is 3.24. The molecule has 0 unspecified atom stereocenters. The van der Waals surface area contributed by atoms with Gasteiger partial charge >= 0.3 is 0 Å². The monoisotopic (exact) mass is 253 g/mol. The minimum Gasteiger partial charge on any atom is -0.490 e. The van der Waals surface area contributed by atoms with Crippen LogP contribution < -0.4 is 10.5 Å². The van der Waals surface area contributed by atoms with Gasteiger partial charge in [-0.05, 0) is 49.4 Å². The molecule has 0 aromatic heterocycles. The van der Waals surface area contributed by atoms with Crippen molar-refractivity contribution in [1.29, 1.82) is 0 Å². The standard InChI is InChI=1S/C14H20FNO2/c15-13-9-11(3-6-16)1-2-14(13)18-10-12-4-7-17-8-5-12/h1-2,9,12H,3-8,10,16H2. The molecule has 1 heterocycles. The summed E-state index contributed by atoms with van der Waals surface area (Å²) in [5, 5.41) is 0. The van der Waals surface area contributed by atoms with Crippen LogP contribution in [0.4, 0.5) is 4.39 Å². The van der Waals surface area contributed by atoms with E-state index >= 15 is 0 Å². The average Bonchev–Trinajstić information content (AvgIpc) is 2.39. The van der Waals surface area contributed by atoms with Crippen molar-refractivity contribution in [1.82, 2.24) is 0 Å². The molecule has 0 saturated carbocycles. The van der Waals surface area contributed by atoms with Crippen molar-refractivity contribution in [3.63, 3.8) is 0 Å². The normalized spacial score (nSPS) is 16.8. The highest BCUT2D eigenvalue weighted by Crippen LogP contribution is 2.21. The maximum absolute atomic E-state index is 13.7. The maximum atomic E-state index is 13.7. The number of benzene rings is 1. The van der Waals surface area contributed by atoms with Crippen LogP contribution in [0.25, 0.3) is 0 Å². The van der Waals surface area contributed by atoms with Crippen LogP contribution in [0.1, 0.15) is 18.4 Å². The van der Waals surface area contributed by atoms with E-state index in [1.165, 1.54) is 6.07 Å². The average molecular weight is 253 g/mol. The van der Waals surface area contributed by atoms with Crippen molar-refractivity contribution >= 4 is 0 Å². The highest BCUT2D eigenvalue weighted by molar-refractivity contribution is 5.29. The van der Waals surface area contributed by atoms with Crippen molar-refractivity contribution < 1.29 is 13.9 Å². The van der Waals surface area contributed by atoms with Gasteiger partial charge in [-0.1, -0.05) is 6.07 Å². The second kappa shape index (κ2) is 6.71. The number of nitrogens with two attached hydrogens (primary N) is 1. The Morgan fingerprint density at radius 2 is 2.11 bits per heavy atom. The molecule has 1 aliphatic rings. The summed E-state index contributed by atoms with van der Waals surface area (Å²) < 4.78 is 24.6. The fourth-order valence-electron chi connectivity index (χ4n) is 2.10. The molecule has 1 fully saturated rings. The minimum atomic E-state index is -0.298. The lowest BCUT2D eigenvalue weighted by molar-refractivity contribution is 0.0491. The van der Waals surface area contributed by atoms with E-state index in [0.717, 1.165) is 31.6 Å². The van der Waals surface area contributed by atoms with Crippen LogP contribution in [0, 0.1) is 11.7 Å². The number of ether oxygens (including phenoxy) is 2. The summed E-state index contributed by atoms with van der Waals surface area (Å²) in [5.74, 6) is 0.511. The lowest BCUT2D eigenvalue weighted by Gasteiger charge is -2.22. The molecular weight excluding hydrogens is 233 g/mol. The molecule has 18 heavy (non-hydrogen) atoms. The van der Waals surface area contributed by atoms with Crippen LogP contribution >= 0.6 is 0 Å². The van der Waals surface area contributed by atoms with Gasteiger partial charge in [-0.2, -0.15) is 0 Å². The van der Waals surface area contributed by atoms with Gasteiger partial charge in [0, 0.05) is 13.2 Å². The van der Waals surface area contributed by atoms with E-state index in [0.29, 0.717) is 31.2 Å². The van der Waals surface area contributed by atoms with Gasteiger partial charge in [0.1, 0.15) is 0 Å². The van der Waals surface area contributed by atoms with Crippen molar-refractivity contribution in [2.45, 2.75) is 19.3 Å². The number of rotatable bonds is 5. The predicted octanol–water partition coefficient (Wildman–Crippen LogP) is 2.13. The van der Waals surface area contributed by atoms with Gasteiger partial charge in [0.25, 0.3) is 0 Å². The van der Waals surface area contributed by atoms with E-state index in [2.05, 4.69) is 0 Å². The summed E-state index contributed by atoms with van der Waals surface area (Å²) in [6, 6.07) is 5.07. The molecule has 1 saturated heterocycles. The van der Waals surface area contributed by atoms with Crippen LogP contribution in [-0.2, 0) is 11.2 Å². The van der Waals surface area contributed by atoms with Crippen molar-refractivity contribution in [2.24, 2.45) is 11.7 Å². The second-order valence-electron chi connectivity index (χ2n) is 4.67. The highest BCUT2D eigenvalue weighted by Gasteiger charge is 2.15. The summed E-state index contributed by atoms with van der Waals surface area (Å²) in [6.07, 6.45) is 2.68. The molecule has 0 spiro atoms. The number of hydrogen-bond donors (Lipinski definition) is 1. The van der Waals surface area contributed by atoms with Gasteiger partial charge in [-0.15, -0.1) is 0 Å². The first kappa shape index (κ1) is 13.3. The summed E-state index contributed by atoms with van der Waals surface area (Å²) >= 11 is 0. The second-order valence-corrected chi connectivity index (χ2v) is 4.67. The summed E-state index contributed by atoms with van der Waals surface area (Å²) in [7, 11) is 0. The van der Waals surface area contributed by atoms with E-state index in [-0.39, 0.29) is 5.82 Å². The van der Waals surface area contributed by atoms with Gasteiger partial charge in [0.2, 0.25) is 0 Å². The number of hydrogen-bond acceptors (Lipinski definition) is 3. The van der Waals surface area contributed by atoms with Gasteiger partial charge in [-0.25, -0.2) is 4.39 Å². The van der Waals surface area contributed by atoms with E-state index in [4.69, 9.17) is 15.2 Å². The van der Waals surface area contributed by atoms with E-state index in [1.807, 2.05) is 6.07 Å². The zero-order valence-electron chi connectivity index (χ0n) is 10.5. The molecule has 2 rings (SSSR count). The van der Waals surface area contributed by atoms with E-state index in [1.54, 1.807) is 6.07 Å². The molecule has 0 radical (unpaired) electrons. The molecule has 1 aromatic carbocycles.